The number of nitro groups is 2. The molecule has 2 rings (SSSR count). The summed E-state index contributed by atoms with van der Waals surface area (Å²) in [4.78, 5) is 39.0. The van der Waals surface area contributed by atoms with Gasteiger partial charge < -0.3 is 0 Å². The molecule has 0 atom stereocenters. The highest BCUT2D eigenvalue weighted by Crippen LogP contribution is 2.27. The van der Waals surface area contributed by atoms with E-state index in [1.807, 2.05) is 0 Å². The van der Waals surface area contributed by atoms with Crippen LogP contribution in [0.4, 0.5) is 17.2 Å². The predicted octanol–water partition coefficient (Wildman–Crippen LogP) is 1.70. The second kappa shape index (κ2) is 6.62. The van der Waals surface area contributed by atoms with Crippen molar-refractivity contribution < 1.29 is 14.6 Å². The molecule has 0 saturated heterocycles. The lowest BCUT2D eigenvalue weighted by Gasteiger charge is -2.08. The molecule has 1 aromatic carbocycles. The molecule has 0 aliphatic heterocycles. The van der Waals surface area contributed by atoms with Gasteiger partial charge in [0.2, 0.25) is 11.0 Å². The van der Waals surface area contributed by atoms with Gasteiger partial charge in [-0.1, -0.05) is 11.6 Å². The molecule has 0 bridgehead atoms. The number of rotatable bonds is 5. The third-order valence-corrected chi connectivity index (χ3v) is 2.87. The number of nitrogens with one attached hydrogen (secondary N) is 2. The zero-order chi connectivity index (χ0) is 17.0. The zero-order valence-corrected chi connectivity index (χ0v) is 11.9. The van der Waals surface area contributed by atoms with Gasteiger partial charge in [0.05, 0.1) is 9.85 Å². The van der Waals surface area contributed by atoms with E-state index in [9.17, 15) is 25.0 Å². The topological polar surface area (TPSA) is 153 Å². The molecule has 1 heterocycles. The molecule has 11 nitrogen and oxygen atoms in total. The summed E-state index contributed by atoms with van der Waals surface area (Å²) in [5.41, 5.74) is 3.77. The summed E-state index contributed by atoms with van der Waals surface area (Å²) in [6.45, 7) is 0. The van der Waals surface area contributed by atoms with Crippen LogP contribution in [0.5, 0.6) is 0 Å². The lowest BCUT2D eigenvalue weighted by Crippen LogP contribution is -2.30. The van der Waals surface area contributed by atoms with E-state index < -0.39 is 26.6 Å². The monoisotopic (exact) mass is 338 g/mol. The number of carbonyl (C=O) groups is 1. The maximum absolute atomic E-state index is 11.9. The first-order chi connectivity index (χ1) is 10.9. The first kappa shape index (κ1) is 16.0. The van der Waals surface area contributed by atoms with Gasteiger partial charge >= 0.3 is 5.69 Å². The van der Waals surface area contributed by atoms with Gasteiger partial charge in [-0.3, -0.25) is 35.9 Å². The second-order valence-corrected chi connectivity index (χ2v) is 4.36. The summed E-state index contributed by atoms with van der Waals surface area (Å²) in [6.07, 6.45) is 0.982. The van der Waals surface area contributed by atoms with E-state index in [0.717, 1.165) is 18.5 Å². The van der Waals surface area contributed by atoms with Gasteiger partial charge in [-0.2, -0.15) is 0 Å². The van der Waals surface area contributed by atoms with E-state index in [0.29, 0.717) is 0 Å². The molecule has 0 spiro atoms. The van der Waals surface area contributed by atoms with Gasteiger partial charge in [0.25, 0.3) is 11.6 Å². The van der Waals surface area contributed by atoms with Crippen molar-refractivity contribution in [3.8, 4) is 0 Å². The van der Waals surface area contributed by atoms with Crippen LogP contribution in [0.1, 0.15) is 10.4 Å². The van der Waals surface area contributed by atoms with Crippen LogP contribution in [0, 0.1) is 20.2 Å². The van der Waals surface area contributed by atoms with Crippen LogP contribution < -0.4 is 10.9 Å². The Labute approximate surface area is 132 Å². The Hall–Kier alpha value is -3.34. The fourth-order valence-electron chi connectivity index (χ4n) is 1.53. The average molecular weight is 339 g/mol. The highest BCUT2D eigenvalue weighted by molar-refractivity contribution is 6.31. The molecule has 0 aliphatic rings. The Kier molecular flexibility index (Phi) is 4.61. The molecule has 23 heavy (non-hydrogen) atoms. The predicted molar refractivity (Wildman–Crippen MR) is 77.9 cm³/mol. The summed E-state index contributed by atoms with van der Waals surface area (Å²) in [7, 11) is 0. The lowest BCUT2D eigenvalue weighted by molar-refractivity contribution is -0.384. The summed E-state index contributed by atoms with van der Waals surface area (Å²) < 4.78 is 0. The maximum atomic E-state index is 11.9. The molecule has 118 valence electrons. The van der Waals surface area contributed by atoms with Gasteiger partial charge in [-0.25, -0.2) is 9.97 Å². The third-order valence-electron chi connectivity index (χ3n) is 2.59. The lowest BCUT2D eigenvalue weighted by atomic mass is 10.2. The van der Waals surface area contributed by atoms with Crippen molar-refractivity contribution in [1.29, 1.82) is 0 Å². The standard InChI is InChI=1S/C11H7ClN6O5/c12-9-8(18(22)23)10(14-5-13-9)15-16-11(19)6-1-3-7(4-2-6)17(20)21/h1-5H,(H,16,19)(H,13,14,15). The highest BCUT2D eigenvalue weighted by atomic mass is 35.5. The van der Waals surface area contributed by atoms with Crippen molar-refractivity contribution in [2.75, 3.05) is 5.43 Å². The van der Waals surface area contributed by atoms with Crippen molar-refractivity contribution in [1.82, 2.24) is 15.4 Å². The van der Waals surface area contributed by atoms with Gasteiger partial charge in [0.15, 0.2) is 0 Å². The van der Waals surface area contributed by atoms with Crippen molar-refractivity contribution in [3.63, 3.8) is 0 Å². The van der Waals surface area contributed by atoms with Crippen LogP contribution in [0.15, 0.2) is 30.6 Å². The molecule has 1 amide bonds. The van der Waals surface area contributed by atoms with E-state index in [4.69, 9.17) is 11.6 Å². The van der Waals surface area contributed by atoms with Crippen LogP contribution in [-0.2, 0) is 0 Å². The fraction of sp³-hybridized carbons (Fsp3) is 0. The molecular weight excluding hydrogens is 332 g/mol. The van der Waals surface area contributed by atoms with Crippen LogP contribution in [0.25, 0.3) is 0 Å². The number of nitrogens with zero attached hydrogens (tertiary/aromatic N) is 4. The van der Waals surface area contributed by atoms with Crippen molar-refractivity contribution in [3.05, 3.63) is 61.5 Å². The van der Waals surface area contributed by atoms with Crippen LogP contribution in [0.2, 0.25) is 5.15 Å². The summed E-state index contributed by atoms with van der Waals surface area (Å²) in [5, 5.41) is 21.0. The zero-order valence-electron chi connectivity index (χ0n) is 11.1. The van der Waals surface area contributed by atoms with Gasteiger partial charge in [0, 0.05) is 17.7 Å². The van der Waals surface area contributed by atoms with E-state index in [1.165, 1.54) is 12.1 Å². The van der Waals surface area contributed by atoms with Crippen molar-refractivity contribution in [2.45, 2.75) is 0 Å². The van der Waals surface area contributed by atoms with E-state index in [2.05, 4.69) is 20.8 Å². The average Bonchev–Trinajstić information content (AvgIpc) is 2.52. The minimum absolute atomic E-state index is 0.103. The number of hydrazine groups is 1. The number of non-ortho nitro benzene ring substituents is 1. The summed E-state index contributed by atoms with van der Waals surface area (Å²) in [5.74, 6) is -0.978. The number of hydrogen-bond donors (Lipinski definition) is 2. The van der Waals surface area contributed by atoms with Gasteiger partial charge in [-0.15, -0.1) is 0 Å². The molecule has 2 aromatic rings. The number of halogens is 1. The number of aromatic nitrogens is 2. The molecule has 0 unspecified atom stereocenters. The molecule has 0 saturated carbocycles. The number of amides is 1. The highest BCUT2D eigenvalue weighted by Gasteiger charge is 2.22. The number of nitro benzene ring substituents is 1. The Morgan fingerprint density at radius 3 is 2.30 bits per heavy atom. The minimum atomic E-state index is -0.803. The first-order valence-corrected chi connectivity index (χ1v) is 6.23. The van der Waals surface area contributed by atoms with Crippen LogP contribution in [0.3, 0.4) is 0 Å². The van der Waals surface area contributed by atoms with Crippen LogP contribution >= 0.6 is 11.6 Å². The van der Waals surface area contributed by atoms with E-state index in [-0.39, 0.29) is 17.1 Å². The Bertz CT molecular complexity index is 781. The number of benzene rings is 1. The summed E-state index contributed by atoms with van der Waals surface area (Å²) in [6, 6.07) is 4.77. The van der Waals surface area contributed by atoms with Crippen LogP contribution in [-0.4, -0.2) is 25.7 Å². The van der Waals surface area contributed by atoms with Crippen molar-refractivity contribution in [2.24, 2.45) is 0 Å². The molecule has 2 N–H and O–H groups in total. The molecule has 1 aromatic heterocycles. The molecular formula is C11H7ClN6O5. The largest absolute Gasteiger partial charge is 0.350 e. The Balaban J connectivity index is 2.12. The third kappa shape index (κ3) is 3.65. The Morgan fingerprint density at radius 2 is 1.74 bits per heavy atom. The van der Waals surface area contributed by atoms with E-state index >= 15 is 0 Å². The maximum Gasteiger partial charge on any atom is 0.350 e. The number of hydrogen-bond acceptors (Lipinski definition) is 8. The first-order valence-electron chi connectivity index (χ1n) is 5.86. The molecule has 0 fully saturated rings. The van der Waals surface area contributed by atoms with Gasteiger partial charge in [-0.05, 0) is 12.1 Å². The quantitative estimate of drug-likeness (QED) is 0.474. The Morgan fingerprint density at radius 1 is 1.09 bits per heavy atom. The molecule has 0 radical (unpaired) electrons. The smallest absolute Gasteiger partial charge is 0.276 e. The summed E-state index contributed by atoms with van der Waals surface area (Å²) >= 11 is 5.59. The molecule has 12 heteroatoms. The second-order valence-electron chi connectivity index (χ2n) is 4.00. The normalized spacial score (nSPS) is 9.96. The number of carbonyl (C=O) groups excluding carboxylic acids is 1. The fourth-order valence-corrected chi connectivity index (χ4v) is 1.74. The SMILES string of the molecule is O=C(NNc1ncnc(Cl)c1[N+](=O)[O-])c1ccc([N+](=O)[O-])cc1. The van der Waals surface area contributed by atoms with Gasteiger partial charge in [0.1, 0.15) is 6.33 Å². The van der Waals surface area contributed by atoms with Crippen molar-refractivity contribution >= 4 is 34.7 Å². The molecule has 0 aliphatic carbocycles. The minimum Gasteiger partial charge on any atom is -0.276 e. The van der Waals surface area contributed by atoms with E-state index in [1.54, 1.807) is 0 Å². The number of anilines is 1.